The molecule has 0 aliphatic heterocycles. The second-order valence-corrected chi connectivity index (χ2v) is 3.85. The minimum absolute atomic E-state index is 0.674. The van der Waals surface area contributed by atoms with Crippen LogP contribution in [0.5, 0.6) is 0 Å². The summed E-state index contributed by atoms with van der Waals surface area (Å²) in [6, 6.07) is 13.6. The van der Waals surface area contributed by atoms with Crippen LogP contribution < -0.4 is 5.32 Å². The molecule has 0 aliphatic carbocycles. The maximum atomic E-state index is 8.68. The van der Waals surface area contributed by atoms with Crippen molar-refractivity contribution in [1.29, 1.82) is 5.26 Å². The van der Waals surface area contributed by atoms with E-state index >= 15 is 0 Å². The molecule has 0 fully saturated rings. The fraction of sp³-hybridized carbons (Fsp3) is 0.143. The Bertz CT molecular complexity index is 521. The van der Waals surface area contributed by atoms with Gasteiger partial charge in [0.1, 0.15) is 0 Å². The van der Waals surface area contributed by atoms with Gasteiger partial charge in [0.25, 0.3) is 0 Å². The molecule has 2 rings (SSSR count). The molecule has 0 atom stereocenters. The zero-order valence-corrected chi connectivity index (χ0v) is 9.64. The fourth-order valence-corrected chi connectivity index (χ4v) is 1.47. The van der Waals surface area contributed by atoms with Crippen molar-refractivity contribution in [2.24, 2.45) is 0 Å². The van der Waals surface area contributed by atoms with E-state index in [-0.39, 0.29) is 0 Å². The molecule has 0 saturated carbocycles. The summed E-state index contributed by atoms with van der Waals surface area (Å²) in [6.07, 6.45) is 1.87. The molecule has 0 aliphatic rings. The molecular formula is C14H13N3. The number of nitrogens with one attached hydrogen (secondary N) is 1. The molecule has 1 N–H and O–H groups in total. The van der Waals surface area contributed by atoms with Gasteiger partial charge in [-0.2, -0.15) is 5.26 Å². The van der Waals surface area contributed by atoms with Gasteiger partial charge in [-0.3, -0.25) is 4.98 Å². The third-order valence-corrected chi connectivity index (χ3v) is 2.48. The van der Waals surface area contributed by atoms with Gasteiger partial charge in [0.2, 0.25) is 0 Å². The number of hydrogen-bond donors (Lipinski definition) is 1. The van der Waals surface area contributed by atoms with Gasteiger partial charge in [-0.05, 0) is 42.8 Å². The van der Waals surface area contributed by atoms with E-state index in [0.717, 1.165) is 23.5 Å². The first-order valence-corrected chi connectivity index (χ1v) is 5.43. The predicted octanol–water partition coefficient (Wildman–Crippen LogP) is 2.87. The van der Waals surface area contributed by atoms with Gasteiger partial charge < -0.3 is 5.32 Å². The van der Waals surface area contributed by atoms with E-state index in [2.05, 4.69) is 22.4 Å². The molecule has 0 unspecified atom stereocenters. The third kappa shape index (κ3) is 3.05. The lowest BCUT2D eigenvalue weighted by atomic mass is 10.2. The smallest absolute Gasteiger partial charge is 0.0991 e. The molecule has 1 aromatic heterocycles. The highest BCUT2D eigenvalue weighted by Crippen LogP contribution is 2.10. The molecule has 1 heterocycles. The average Bonchev–Trinajstić information content (AvgIpc) is 2.39. The monoisotopic (exact) mass is 223 g/mol. The molecule has 0 bridgehead atoms. The minimum Gasteiger partial charge on any atom is -0.381 e. The summed E-state index contributed by atoms with van der Waals surface area (Å²) in [7, 11) is 0. The number of nitriles is 1. The first-order valence-electron chi connectivity index (χ1n) is 5.43. The Morgan fingerprint density at radius 1 is 1.18 bits per heavy atom. The molecule has 0 amide bonds. The molecule has 0 radical (unpaired) electrons. The van der Waals surface area contributed by atoms with Crippen LogP contribution in [0.3, 0.4) is 0 Å². The lowest BCUT2D eigenvalue weighted by molar-refractivity contribution is 1.09. The fourth-order valence-electron chi connectivity index (χ4n) is 1.47. The Hall–Kier alpha value is -2.34. The second kappa shape index (κ2) is 5.13. The van der Waals surface area contributed by atoms with Crippen LogP contribution in [0.2, 0.25) is 0 Å². The minimum atomic E-state index is 0.674. The normalized spacial score (nSPS) is 9.65. The van der Waals surface area contributed by atoms with Gasteiger partial charge in [0.05, 0.1) is 11.6 Å². The Labute approximate surface area is 101 Å². The molecule has 84 valence electrons. The van der Waals surface area contributed by atoms with E-state index in [9.17, 15) is 0 Å². The van der Waals surface area contributed by atoms with Gasteiger partial charge in [0, 0.05) is 24.1 Å². The number of aryl methyl sites for hydroxylation is 1. The van der Waals surface area contributed by atoms with E-state index in [1.54, 1.807) is 12.1 Å². The molecule has 0 saturated heterocycles. The number of rotatable bonds is 3. The van der Waals surface area contributed by atoms with E-state index in [1.165, 1.54) is 0 Å². The maximum absolute atomic E-state index is 8.68. The van der Waals surface area contributed by atoms with Crippen molar-refractivity contribution in [1.82, 2.24) is 4.98 Å². The number of nitrogens with zero attached hydrogens (tertiary/aromatic N) is 2. The van der Waals surface area contributed by atoms with Crippen molar-refractivity contribution in [3.05, 3.63) is 59.4 Å². The van der Waals surface area contributed by atoms with Crippen molar-refractivity contribution >= 4 is 5.69 Å². The SMILES string of the molecule is Cc1ccc(CNc2ccc(C#N)cc2)cn1. The largest absolute Gasteiger partial charge is 0.381 e. The van der Waals surface area contributed by atoms with Crippen LogP contribution in [0.1, 0.15) is 16.8 Å². The molecule has 3 heteroatoms. The summed E-state index contributed by atoms with van der Waals surface area (Å²) in [5.41, 5.74) is 3.84. The van der Waals surface area contributed by atoms with Gasteiger partial charge in [-0.1, -0.05) is 6.07 Å². The number of aromatic nitrogens is 1. The zero-order chi connectivity index (χ0) is 12.1. The van der Waals surface area contributed by atoms with Crippen molar-refractivity contribution in [3.63, 3.8) is 0 Å². The number of hydrogen-bond acceptors (Lipinski definition) is 3. The summed E-state index contributed by atoms with van der Waals surface area (Å²) in [4.78, 5) is 4.24. The highest BCUT2D eigenvalue weighted by molar-refractivity contribution is 5.47. The first-order chi connectivity index (χ1) is 8.28. The first kappa shape index (κ1) is 11.2. The van der Waals surface area contributed by atoms with E-state index < -0.39 is 0 Å². The number of pyridine rings is 1. The van der Waals surface area contributed by atoms with Crippen LogP contribution in [0.15, 0.2) is 42.6 Å². The highest BCUT2D eigenvalue weighted by atomic mass is 14.9. The van der Waals surface area contributed by atoms with Crippen LogP contribution in [-0.4, -0.2) is 4.98 Å². The lowest BCUT2D eigenvalue weighted by Gasteiger charge is -2.06. The van der Waals surface area contributed by atoms with Gasteiger partial charge in [-0.15, -0.1) is 0 Å². The zero-order valence-electron chi connectivity index (χ0n) is 9.64. The van der Waals surface area contributed by atoms with Gasteiger partial charge in [-0.25, -0.2) is 0 Å². The Balaban J connectivity index is 1.98. The molecular weight excluding hydrogens is 210 g/mol. The van der Waals surface area contributed by atoms with Crippen molar-refractivity contribution in [3.8, 4) is 6.07 Å². The molecule has 1 aromatic carbocycles. The maximum Gasteiger partial charge on any atom is 0.0991 e. The molecule has 17 heavy (non-hydrogen) atoms. The van der Waals surface area contributed by atoms with E-state index in [0.29, 0.717) is 5.56 Å². The van der Waals surface area contributed by atoms with Crippen LogP contribution in [0.4, 0.5) is 5.69 Å². The third-order valence-electron chi connectivity index (χ3n) is 2.48. The van der Waals surface area contributed by atoms with Crippen LogP contribution in [0, 0.1) is 18.3 Å². The van der Waals surface area contributed by atoms with Gasteiger partial charge in [0.15, 0.2) is 0 Å². The summed E-state index contributed by atoms with van der Waals surface area (Å²) in [5.74, 6) is 0. The van der Waals surface area contributed by atoms with Crippen LogP contribution in [0.25, 0.3) is 0 Å². The van der Waals surface area contributed by atoms with E-state index in [1.807, 2.05) is 31.3 Å². The summed E-state index contributed by atoms with van der Waals surface area (Å²) >= 11 is 0. The highest BCUT2D eigenvalue weighted by Gasteiger charge is 1.95. The number of benzene rings is 1. The standard InChI is InChI=1S/C14H13N3/c1-11-2-3-13(9-16-11)10-17-14-6-4-12(8-15)5-7-14/h2-7,9,17H,10H2,1H3. The summed E-state index contributed by atoms with van der Waals surface area (Å²) in [5, 5.41) is 12.0. The number of anilines is 1. The van der Waals surface area contributed by atoms with Crippen LogP contribution >= 0.6 is 0 Å². The summed E-state index contributed by atoms with van der Waals surface area (Å²) < 4.78 is 0. The van der Waals surface area contributed by atoms with Crippen molar-refractivity contribution in [2.45, 2.75) is 13.5 Å². The lowest BCUT2D eigenvalue weighted by Crippen LogP contribution is -1.99. The predicted molar refractivity (Wildman–Crippen MR) is 67.5 cm³/mol. The Morgan fingerprint density at radius 2 is 1.94 bits per heavy atom. The topological polar surface area (TPSA) is 48.7 Å². The second-order valence-electron chi connectivity index (χ2n) is 3.85. The molecule has 2 aromatic rings. The Morgan fingerprint density at radius 3 is 2.53 bits per heavy atom. The molecule has 0 spiro atoms. The Kier molecular flexibility index (Phi) is 3.37. The quantitative estimate of drug-likeness (QED) is 0.870. The molecule has 3 nitrogen and oxygen atoms in total. The average molecular weight is 223 g/mol. The van der Waals surface area contributed by atoms with Crippen molar-refractivity contribution in [2.75, 3.05) is 5.32 Å². The van der Waals surface area contributed by atoms with Crippen LogP contribution in [-0.2, 0) is 6.54 Å². The van der Waals surface area contributed by atoms with Gasteiger partial charge >= 0.3 is 0 Å². The van der Waals surface area contributed by atoms with E-state index in [4.69, 9.17) is 5.26 Å². The van der Waals surface area contributed by atoms with Crippen molar-refractivity contribution < 1.29 is 0 Å². The summed E-state index contributed by atoms with van der Waals surface area (Å²) in [6.45, 7) is 2.71.